The minimum atomic E-state index is -0.257. The van der Waals surface area contributed by atoms with Crippen molar-refractivity contribution in [1.29, 1.82) is 0 Å². The van der Waals surface area contributed by atoms with Crippen LogP contribution in [0.15, 0.2) is 18.2 Å². The molecule has 0 aliphatic carbocycles. The number of amides is 1. The Morgan fingerprint density at radius 3 is 3.00 bits per heavy atom. The maximum atomic E-state index is 11.2. The fourth-order valence-electron chi connectivity index (χ4n) is 2.06. The minimum Gasteiger partial charge on any atom is -0.465 e. The molecule has 1 aliphatic rings. The molecule has 5 nitrogen and oxygen atoms in total. The quantitative estimate of drug-likeness (QED) is 0.776. The van der Waals surface area contributed by atoms with Gasteiger partial charge in [-0.2, -0.15) is 0 Å². The molecule has 102 valence electrons. The molecule has 1 aliphatic heterocycles. The number of hydrogen-bond donors (Lipinski definition) is 2. The van der Waals surface area contributed by atoms with E-state index >= 15 is 0 Å². The first-order chi connectivity index (χ1) is 9.19. The number of rotatable bonds is 5. The number of benzene rings is 1. The van der Waals surface area contributed by atoms with Gasteiger partial charge in [0.05, 0.1) is 13.0 Å². The van der Waals surface area contributed by atoms with E-state index in [9.17, 15) is 9.59 Å². The van der Waals surface area contributed by atoms with Crippen LogP contribution in [0, 0.1) is 0 Å². The molecule has 0 saturated heterocycles. The molecule has 1 aromatic carbocycles. The molecule has 1 heterocycles. The summed E-state index contributed by atoms with van der Waals surface area (Å²) in [4.78, 5) is 22.4. The number of aryl methyl sites for hydroxylation is 1. The Kier molecular flexibility index (Phi) is 4.52. The highest BCUT2D eigenvalue weighted by Crippen LogP contribution is 2.23. The summed E-state index contributed by atoms with van der Waals surface area (Å²) in [5.74, 6) is -0.191. The highest BCUT2D eigenvalue weighted by atomic mass is 16.5. The minimum absolute atomic E-state index is 0.0657. The van der Waals surface area contributed by atoms with Crippen molar-refractivity contribution in [2.24, 2.45) is 5.73 Å². The van der Waals surface area contributed by atoms with Crippen molar-refractivity contribution in [2.45, 2.75) is 25.7 Å². The predicted molar refractivity (Wildman–Crippen MR) is 71.7 cm³/mol. The van der Waals surface area contributed by atoms with Crippen LogP contribution in [0.5, 0.6) is 0 Å². The van der Waals surface area contributed by atoms with Crippen LogP contribution in [-0.2, 0) is 27.2 Å². The van der Waals surface area contributed by atoms with Gasteiger partial charge < -0.3 is 15.8 Å². The average molecular weight is 262 g/mol. The van der Waals surface area contributed by atoms with Crippen LogP contribution in [0.4, 0.5) is 5.69 Å². The number of nitrogens with two attached hydrogens (primary N) is 1. The Morgan fingerprint density at radius 2 is 2.21 bits per heavy atom. The number of carbonyl (C=O) groups is 2. The number of nitrogens with one attached hydrogen (secondary N) is 1. The molecular formula is C14H18N2O3. The van der Waals surface area contributed by atoms with Crippen molar-refractivity contribution in [3.63, 3.8) is 0 Å². The Labute approximate surface area is 112 Å². The summed E-state index contributed by atoms with van der Waals surface area (Å²) < 4.78 is 5.06. The van der Waals surface area contributed by atoms with Crippen LogP contribution >= 0.6 is 0 Å². The van der Waals surface area contributed by atoms with Crippen LogP contribution in [0.2, 0.25) is 0 Å². The second-order valence-electron chi connectivity index (χ2n) is 4.55. The highest BCUT2D eigenvalue weighted by molar-refractivity contribution is 5.93. The van der Waals surface area contributed by atoms with E-state index in [2.05, 4.69) is 11.4 Å². The zero-order chi connectivity index (χ0) is 13.7. The summed E-state index contributed by atoms with van der Waals surface area (Å²) in [5.41, 5.74) is 8.40. The van der Waals surface area contributed by atoms with Gasteiger partial charge in [-0.25, -0.2) is 0 Å². The third-order valence-electron chi connectivity index (χ3n) is 3.07. The van der Waals surface area contributed by atoms with Crippen LogP contribution in [0.25, 0.3) is 0 Å². The lowest BCUT2D eigenvalue weighted by molar-refractivity contribution is -0.143. The van der Waals surface area contributed by atoms with E-state index in [4.69, 9.17) is 10.5 Å². The first-order valence-corrected chi connectivity index (χ1v) is 6.46. The number of esters is 1. The second kappa shape index (κ2) is 6.33. The van der Waals surface area contributed by atoms with E-state index < -0.39 is 0 Å². The number of ether oxygens (including phenoxy) is 1. The average Bonchev–Trinajstić information content (AvgIpc) is 2.39. The molecule has 1 amide bonds. The van der Waals surface area contributed by atoms with Gasteiger partial charge in [-0.1, -0.05) is 12.1 Å². The normalized spacial score (nSPS) is 13.6. The number of anilines is 1. The van der Waals surface area contributed by atoms with Gasteiger partial charge in [0.1, 0.15) is 0 Å². The third kappa shape index (κ3) is 3.79. The maximum absolute atomic E-state index is 11.2. The summed E-state index contributed by atoms with van der Waals surface area (Å²) in [6, 6.07) is 5.91. The fraction of sp³-hybridized carbons (Fsp3) is 0.429. The molecule has 0 radical (unpaired) electrons. The Bertz CT molecular complexity index is 486. The lowest BCUT2D eigenvalue weighted by atomic mass is 9.99. The number of fused-ring (bicyclic) bond motifs is 1. The number of hydrogen-bond acceptors (Lipinski definition) is 4. The van der Waals surface area contributed by atoms with Gasteiger partial charge in [0.25, 0.3) is 0 Å². The van der Waals surface area contributed by atoms with Gasteiger partial charge in [0, 0.05) is 25.1 Å². The van der Waals surface area contributed by atoms with E-state index in [1.165, 1.54) is 0 Å². The first-order valence-electron chi connectivity index (χ1n) is 6.46. The second-order valence-corrected chi connectivity index (χ2v) is 4.55. The van der Waals surface area contributed by atoms with E-state index in [0.29, 0.717) is 26.0 Å². The lowest BCUT2D eigenvalue weighted by Crippen LogP contribution is -2.19. The monoisotopic (exact) mass is 262 g/mol. The zero-order valence-corrected chi connectivity index (χ0v) is 10.8. The Hall–Kier alpha value is -1.88. The highest BCUT2D eigenvalue weighted by Gasteiger charge is 2.14. The summed E-state index contributed by atoms with van der Waals surface area (Å²) in [7, 11) is 0. The summed E-state index contributed by atoms with van der Waals surface area (Å²) >= 11 is 0. The van der Waals surface area contributed by atoms with E-state index in [0.717, 1.165) is 23.2 Å². The largest absolute Gasteiger partial charge is 0.465 e. The maximum Gasteiger partial charge on any atom is 0.307 e. The van der Waals surface area contributed by atoms with Gasteiger partial charge in [-0.15, -0.1) is 0 Å². The van der Waals surface area contributed by atoms with E-state index in [-0.39, 0.29) is 18.3 Å². The SMILES string of the molecule is NCCC(=O)OCCc1ccc2c(c1)CCC(=O)N2. The molecule has 0 aromatic heterocycles. The van der Waals surface area contributed by atoms with Crippen molar-refractivity contribution in [3.05, 3.63) is 29.3 Å². The predicted octanol–water partition coefficient (Wildman–Crippen LogP) is 1.01. The Balaban J connectivity index is 1.88. The Morgan fingerprint density at radius 1 is 1.37 bits per heavy atom. The smallest absolute Gasteiger partial charge is 0.307 e. The molecule has 0 spiro atoms. The fourth-order valence-corrected chi connectivity index (χ4v) is 2.06. The number of carbonyl (C=O) groups excluding carboxylic acids is 2. The molecule has 0 saturated carbocycles. The molecule has 19 heavy (non-hydrogen) atoms. The molecule has 0 unspecified atom stereocenters. The van der Waals surface area contributed by atoms with Gasteiger partial charge in [0.2, 0.25) is 5.91 Å². The third-order valence-corrected chi connectivity index (χ3v) is 3.07. The van der Waals surface area contributed by atoms with Crippen LogP contribution in [0.1, 0.15) is 24.0 Å². The van der Waals surface area contributed by atoms with Gasteiger partial charge in [-0.05, 0) is 23.6 Å². The molecule has 0 fully saturated rings. The van der Waals surface area contributed by atoms with Crippen LogP contribution in [-0.4, -0.2) is 25.0 Å². The summed E-state index contributed by atoms with van der Waals surface area (Å²) in [6.07, 6.45) is 2.23. The van der Waals surface area contributed by atoms with Crippen molar-refractivity contribution < 1.29 is 14.3 Å². The van der Waals surface area contributed by atoms with Crippen LogP contribution in [0.3, 0.4) is 0 Å². The van der Waals surface area contributed by atoms with E-state index in [1.54, 1.807) is 0 Å². The standard InChI is InChI=1S/C14H18N2O3/c15-7-5-14(18)19-8-6-10-1-3-12-11(9-10)2-4-13(17)16-12/h1,3,9H,2,4-8,15H2,(H,16,17). The molecular weight excluding hydrogens is 244 g/mol. The topological polar surface area (TPSA) is 81.4 Å². The van der Waals surface area contributed by atoms with E-state index in [1.807, 2.05) is 12.1 Å². The van der Waals surface area contributed by atoms with Crippen molar-refractivity contribution in [2.75, 3.05) is 18.5 Å². The van der Waals surface area contributed by atoms with Crippen molar-refractivity contribution >= 4 is 17.6 Å². The summed E-state index contributed by atoms with van der Waals surface area (Å²) in [6.45, 7) is 0.682. The molecule has 2 rings (SSSR count). The molecule has 1 aromatic rings. The lowest BCUT2D eigenvalue weighted by Gasteiger charge is -2.17. The van der Waals surface area contributed by atoms with Crippen molar-refractivity contribution in [1.82, 2.24) is 0 Å². The summed E-state index contributed by atoms with van der Waals surface area (Å²) in [5, 5.41) is 2.84. The van der Waals surface area contributed by atoms with Crippen molar-refractivity contribution in [3.8, 4) is 0 Å². The zero-order valence-electron chi connectivity index (χ0n) is 10.8. The molecule has 0 bridgehead atoms. The molecule has 3 N–H and O–H groups in total. The first kappa shape index (κ1) is 13.5. The molecule has 0 atom stereocenters. The molecule has 5 heteroatoms. The van der Waals surface area contributed by atoms with Crippen LogP contribution < -0.4 is 11.1 Å². The van der Waals surface area contributed by atoms with Gasteiger partial charge >= 0.3 is 5.97 Å². The van der Waals surface area contributed by atoms with Gasteiger partial charge in [0.15, 0.2) is 0 Å². The van der Waals surface area contributed by atoms with Gasteiger partial charge in [-0.3, -0.25) is 9.59 Å².